The van der Waals surface area contributed by atoms with Crippen molar-refractivity contribution >= 4 is 32.8 Å². The minimum absolute atomic E-state index is 0.0109. The van der Waals surface area contributed by atoms with Crippen LogP contribution in [0.25, 0.3) is 10.9 Å². The van der Waals surface area contributed by atoms with E-state index >= 15 is 0 Å². The van der Waals surface area contributed by atoms with Gasteiger partial charge in [0.15, 0.2) is 11.5 Å². The van der Waals surface area contributed by atoms with Crippen molar-refractivity contribution in [2.75, 3.05) is 7.11 Å². The van der Waals surface area contributed by atoms with Crippen LogP contribution >= 0.6 is 15.9 Å². The Morgan fingerprint density at radius 2 is 2.03 bits per heavy atom. The molecule has 0 saturated heterocycles. The number of methoxy groups -OCH3 is 1. The summed E-state index contributed by atoms with van der Waals surface area (Å²) in [6, 6.07) is 10.9. The maximum absolute atomic E-state index is 11.8. The van der Waals surface area contributed by atoms with E-state index in [9.17, 15) is 9.90 Å². The third kappa shape index (κ3) is 5.10. The number of para-hydroxylation sites is 1. The number of aromatic nitrogens is 1. The monoisotopic (exact) mass is 460 g/mol. The molecule has 3 N–H and O–H groups in total. The van der Waals surface area contributed by atoms with Crippen LogP contribution in [0.1, 0.15) is 25.0 Å². The molecule has 29 heavy (non-hydrogen) atoms. The van der Waals surface area contributed by atoms with Crippen molar-refractivity contribution in [3.8, 4) is 11.5 Å². The Kier molecular flexibility index (Phi) is 6.82. The van der Waals surface area contributed by atoms with Gasteiger partial charge in [-0.15, -0.1) is 0 Å². The van der Waals surface area contributed by atoms with E-state index in [0.29, 0.717) is 24.5 Å². The minimum atomic E-state index is -0.888. The SMILES string of the molecule is COc1cc(CN[C@H](Cc2c[nH]c3ccccc23)C(=O)O)cc(Br)c1OC(C)C. The Morgan fingerprint density at radius 1 is 1.28 bits per heavy atom. The van der Waals surface area contributed by atoms with E-state index in [-0.39, 0.29) is 6.10 Å². The summed E-state index contributed by atoms with van der Waals surface area (Å²) >= 11 is 3.53. The number of nitrogens with one attached hydrogen (secondary N) is 2. The summed E-state index contributed by atoms with van der Waals surface area (Å²) in [6.45, 7) is 4.28. The lowest BCUT2D eigenvalue weighted by molar-refractivity contribution is -0.139. The van der Waals surface area contributed by atoms with E-state index in [1.807, 2.05) is 56.4 Å². The molecule has 2 aromatic carbocycles. The van der Waals surface area contributed by atoms with Crippen LogP contribution < -0.4 is 14.8 Å². The standard InChI is InChI=1S/C22H25BrN2O4/c1-13(2)29-21-17(23)8-14(9-20(21)28-3)11-24-19(22(26)27)10-15-12-25-18-7-5-4-6-16(15)18/h4-9,12-13,19,24-25H,10-11H2,1-3H3,(H,26,27)/t19-/m1/s1. The van der Waals surface area contributed by atoms with Gasteiger partial charge in [0.05, 0.1) is 17.7 Å². The molecular formula is C22H25BrN2O4. The average Bonchev–Trinajstić information content (AvgIpc) is 3.09. The van der Waals surface area contributed by atoms with Gasteiger partial charge in [0.1, 0.15) is 6.04 Å². The molecule has 0 aliphatic heterocycles. The predicted molar refractivity (Wildman–Crippen MR) is 117 cm³/mol. The van der Waals surface area contributed by atoms with Gasteiger partial charge >= 0.3 is 5.97 Å². The number of aliphatic carboxylic acids is 1. The third-order valence-corrected chi connectivity index (χ3v) is 5.18. The number of H-pyrrole nitrogens is 1. The van der Waals surface area contributed by atoms with E-state index in [4.69, 9.17) is 9.47 Å². The zero-order chi connectivity index (χ0) is 21.0. The Labute approximate surface area is 178 Å². The number of fused-ring (bicyclic) bond motifs is 1. The summed E-state index contributed by atoms with van der Waals surface area (Å²) in [5.41, 5.74) is 2.87. The molecule has 0 fully saturated rings. The minimum Gasteiger partial charge on any atom is -0.493 e. The fraction of sp³-hybridized carbons (Fsp3) is 0.318. The second-order valence-electron chi connectivity index (χ2n) is 7.11. The lowest BCUT2D eigenvalue weighted by Gasteiger charge is -2.18. The van der Waals surface area contributed by atoms with E-state index in [0.717, 1.165) is 26.5 Å². The summed E-state index contributed by atoms with van der Waals surface area (Å²) in [5.74, 6) is 0.356. The Morgan fingerprint density at radius 3 is 2.72 bits per heavy atom. The second-order valence-corrected chi connectivity index (χ2v) is 7.97. The van der Waals surface area contributed by atoms with Gasteiger partial charge in [0.25, 0.3) is 0 Å². The van der Waals surface area contributed by atoms with Crippen LogP contribution in [-0.2, 0) is 17.8 Å². The largest absolute Gasteiger partial charge is 0.493 e. The highest BCUT2D eigenvalue weighted by molar-refractivity contribution is 9.10. The van der Waals surface area contributed by atoms with Crippen LogP contribution in [0, 0.1) is 0 Å². The lowest BCUT2D eigenvalue weighted by atomic mass is 10.0. The van der Waals surface area contributed by atoms with Gasteiger partial charge in [-0.05, 0) is 59.1 Å². The molecule has 0 bridgehead atoms. The number of aromatic amines is 1. The van der Waals surface area contributed by atoms with Gasteiger partial charge in [-0.3, -0.25) is 4.79 Å². The van der Waals surface area contributed by atoms with Crippen LogP contribution in [0.3, 0.4) is 0 Å². The number of benzene rings is 2. The highest BCUT2D eigenvalue weighted by Gasteiger charge is 2.20. The summed E-state index contributed by atoms with van der Waals surface area (Å²) in [7, 11) is 1.59. The van der Waals surface area contributed by atoms with E-state index in [1.54, 1.807) is 7.11 Å². The van der Waals surface area contributed by atoms with Crippen LogP contribution in [0.5, 0.6) is 11.5 Å². The number of carboxylic acid groups (broad SMARTS) is 1. The molecule has 7 heteroatoms. The van der Waals surface area contributed by atoms with Crippen molar-refractivity contribution in [2.24, 2.45) is 0 Å². The molecule has 3 aromatic rings. The van der Waals surface area contributed by atoms with Crippen LogP contribution in [0.15, 0.2) is 47.1 Å². The smallest absolute Gasteiger partial charge is 0.321 e. The zero-order valence-electron chi connectivity index (χ0n) is 16.7. The molecule has 0 radical (unpaired) electrons. The van der Waals surface area contributed by atoms with Crippen LogP contribution in [0.4, 0.5) is 0 Å². The summed E-state index contributed by atoms with van der Waals surface area (Å²) < 4.78 is 12.0. The Bertz CT molecular complexity index is 1000. The number of hydrogen-bond acceptors (Lipinski definition) is 4. The highest BCUT2D eigenvalue weighted by atomic mass is 79.9. The molecule has 0 saturated carbocycles. The summed E-state index contributed by atoms with van der Waals surface area (Å²) in [6.07, 6.45) is 2.27. The van der Waals surface area contributed by atoms with E-state index in [1.165, 1.54) is 0 Å². The second kappa shape index (κ2) is 9.33. The Balaban J connectivity index is 1.75. The van der Waals surface area contributed by atoms with Gasteiger partial charge in [-0.1, -0.05) is 18.2 Å². The molecule has 0 spiro atoms. The molecule has 154 valence electrons. The molecule has 6 nitrogen and oxygen atoms in total. The van der Waals surface area contributed by atoms with Crippen molar-refractivity contribution in [2.45, 2.75) is 39.0 Å². The van der Waals surface area contributed by atoms with Crippen LogP contribution in [-0.4, -0.2) is 35.3 Å². The highest BCUT2D eigenvalue weighted by Crippen LogP contribution is 2.37. The first kappa shape index (κ1) is 21.2. The molecule has 0 amide bonds. The van der Waals surface area contributed by atoms with Crippen LogP contribution in [0.2, 0.25) is 0 Å². The van der Waals surface area contributed by atoms with E-state index < -0.39 is 12.0 Å². The molecule has 0 unspecified atom stereocenters. The molecular weight excluding hydrogens is 436 g/mol. The molecule has 1 heterocycles. The number of carboxylic acids is 1. The van der Waals surface area contributed by atoms with Gasteiger partial charge < -0.3 is 24.9 Å². The number of halogens is 1. The van der Waals surface area contributed by atoms with Gasteiger partial charge in [-0.25, -0.2) is 0 Å². The van der Waals surface area contributed by atoms with Crippen molar-refractivity contribution < 1.29 is 19.4 Å². The van der Waals surface area contributed by atoms with Gasteiger partial charge in [0.2, 0.25) is 0 Å². The summed E-state index contributed by atoms with van der Waals surface area (Å²) in [5, 5.41) is 13.9. The maximum atomic E-state index is 11.8. The summed E-state index contributed by atoms with van der Waals surface area (Å²) in [4.78, 5) is 15.0. The molecule has 0 aliphatic rings. The first-order chi connectivity index (χ1) is 13.9. The number of ether oxygens (including phenoxy) is 2. The molecule has 0 aliphatic carbocycles. The van der Waals surface area contributed by atoms with Gasteiger partial charge in [-0.2, -0.15) is 0 Å². The average molecular weight is 461 g/mol. The van der Waals surface area contributed by atoms with E-state index in [2.05, 4.69) is 26.2 Å². The first-order valence-electron chi connectivity index (χ1n) is 9.43. The maximum Gasteiger partial charge on any atom is 0.321 e. The van der Waals surface area contributed by atoms with Crippen molar-refractivity contribution in [3.05, 3.63) is 58.2 Å². The van der Waals surface area contributed by atoms with Crippen molar-refractivity contribution in [1.82, 2.24) is 10.3 Å². The zero-order valence-corrected chi connectivity index (χ0v) is 18.2. The third-order valence-electron chi connectivity index (χ3n) is 4.59. The van der Waals surface area contributed by atoms with Crippen molar-refractivity contribution in [1.29, 1.82) is 0 Å². The number of hydrogen-bond donors (Lipinski definition) is 3. The first-order valence-corrected chi connectivity index (χ1v) is 10.2. The fourth-order valence-electron chi connectivity index (χ4n) is 3.23. The van der Waals surface area contributed by atoms with Crippen molar-refractivity contribution in [3.63, 3.8) is 0 Å². The molecule has 3 rings (SSSR count). The topological polar surface area (TPSA) is 83.6 Å². The van der Waals surface area contributed by atoms with Gasteiger partial charge in [0, 0.05) is 30.1 Å². The quantitative estimate of drug-likeness (QED) is 0.437. The normalized spacial score (nSPS) is 12.3. The molecule has 1 aromatic heterocycles. The number of rotatable bonds is 9. The molecule has 1 atom stereocenters. The lowest BCUT2D eigenvalue weighted by Crippen LogP contribution is -2.38. The predicted octanol–water partition coefficient (Wildman–Crippen LogP) is 4.51. The Hall–Kier alpha value is -2.51. The number of carbonyl (C=O) groups is 1. The fourth-order valence-corrected chi connectivity index (χ4v) is 3.82.